The van der Waals surface area contributed by atoms with Crippen LogP contribution in [0.5, 0.6) is 0 Å². The molecule has 0 aliphatic rings. The van der Waals surface area contributed by atoms with Crippen LogP contribution in [-0.4, -0.2) is 19.1 Å². The van der Waals surface area contributed by atoms with Crippen LogP contribution in [-0.2, 0) is 16.0 Å². The molecule has 0 aliphatic carbocycles. The van der Waals surface area contributed by atoms with E-state index in [-0.39, 0.29) is 12.0 Å². The average molecular weight is 317 g/mol. The van der Waals surface area contributed by atoms with Crippen LogP contribution in [0.2, 0.25) is 0 Å². The lowest BCUT2D eigenvalue weighted by molar-refractivity contribution is -0.121. The van der Waals surface area contributed by atoms with Gasteiger partial charge in [0, 0.05) is 19.6 Å². The van der Waals surface area contributed by atoms with Crippen molar-refractivity contribution < 1.29 is 9.53 Å². The summed E-state index contributed by atoms with van der Waals surface area (Å²) in [7, 11) is 0. The lowest BCUT2D eigenvalue weighted by Crippen LogP contribution is -2.25. The van der Waals surface area contributed by atoms with E-state index in [2.05, 4.69) is 35.8 Å². The zero-order valence-electron chi connectivity index (χ0n) is 13.0. The van der Waals surface area contributed by atoms with E-state index in [1.165, 1.54) is 11.1 Å². The van der Waals surface area contributed by atoms with Crippen molar-refractivity contribution in [3.63, 3.8) is 0 Å². The number of aryl methyl sites for hydroxylation is 1. The average Bonchev–Trinajstić information content (AvgIpc) is 3.06. The van der Waals surface area contributed by atoms with Gasteiger partial charge in [-0.2, -0.15) is 11.3 Å². The van der Waals surface area contributed by atoms with Gasteiger partial charge in [-0.1, -0.05) is 30.3 Å². The number of thiophene rings is 1. The number of carbonyl (C=O) groups is 1. The molecule has 1 amide bonds. The third-order valence-electron chi connectivity index (χ3n) is 3.50. The summed E-state index contributed by atoms with van der Waals surface area (Å²) >= 11 is 1.67. The Morgan fingerprint density at radius 3 is 2.82 bits per heavy atom. The second-order valence-electron chi connectivity index (χ2n) is 5.26. The summed E-state index contributed by atoms with van der Waals surface area (Å²) in [5.41, 5.74) is 2.42. The number of ether oxygens (including phenoxy) is 1. The number of nitrogens with one attached hydrogen (secondary N) is 1. The lowest BCUT2D eigenvalue weighted by atomic mass is 10.1. The lowest BCUT2D eigenvalue weighted by Gasteiger charge is -2.13. The third-order valence-corrected chi connectivity index (χ3v) is 4.23. The molecule has 22 heavy (non-hydrogen) atoms. The molecule has 2 rings (SSSR count). The quantitative estimate of drug-likeness (QED) is 0.711. The molecule has 2 aromatic rings. The van der Waals surface area contributed by atoms with Crippen LogP contribution >= 0.6 is 11.3 Å². The minimum absolute atomic E-state index is 0.0930. The summed E-state index contributed by atoms with van der Waals surface area (Å²) in [5, 5.41) is 7.07. The van der Waals surface area contributed by atoms with Crippen molar-refractivity contribution in [2.24, 2.45) is 0 Å². The molecule has 0 fully saturated rings. The fourth-order valence-electron chi connectivity index (χ4n) is 2.16. The van der Waals surface area contributed by atoms with Crippen LogP contribution in [0.1, 0.15) is 37.0 Å². The van der Waals surface area contributed by atoms with Gasteiger partial charge in [0.05, 0.1) is 6.10 Å². The largest absolute Gasteiger partial charge is 0.374 e. The van der Waals surface area contributed by atoms with Gasteiger partial charge in [-0.25, -0.2) is 0 Å². The Labute approximate surface area is 136 Å². The number of hydrogen-bond donors (Lipinski definition) is 1. The smallest absolute Gasteiger partial charge is 0.220 e. The van der Waals surface area contributed by atoms with Crippen molar-refractivity contribution in [3.05, 3.63) is 58.3 Å². The van der Waals surface area contributed by atoms with Crippen molar-refractivity contribution in [2.45, 2.75) is 32.3 Å². The van der Waals surface area contributed by atoms with Crippen LogP contribution in [0.3, 0.4) is 0 Å². The summed E-state index contributed by atoms with van der Waals surface area (Å²) in [6.07, 6.45) is 2.30. The monoisotopic (exact) mass is 317 g/mol. The summed E-state index contributed by atoms with van der Waals surface area (Å²) in [4.78, 5) is 11.7. The zero-order valence-corrected chi connectivity index (χ0v) is 13.8. The van der Waals surface area contributed by atoms with E-state index in [0.717, 1.165) is 12.8 Å². The molecule has 1 N–H and O–H groups in total. The van der Waals surface area contributed by atoms with Gasteiger partial charge in [-0.3, -0.25) is 4.79 Å². The van der Waals surface area contributed by atoms with Gasteiger partial charge in [0.25, 0.3) is 0 Å². The highest BCUT2D eigenvalue weighted by atomic mass is 32.1. The number of rotatable bonds is 9. The Morgan fingerprint density at radius 1 is 1.27 bits per heavy atom. The Kier molecular flexibility index (Phi) is 7.13. The fraction of sp³-hybridized carbons (Fsp3) is 0.389. The van der Waals surface area contributed by atoms with Gasteiger partial charge in [-0.05, 0) is 47.7 Å². The van der Waals surface area contributed by atoms with Gasteiger partial charge in [-0.15, -0.1) is 0 Å². The number of benzene rings is 1. The molecule has 3 nitrogen and oxygen atoms in total. The zero-order chi connectivity index (χ0) is 15.6. The molecule has 0 saturated carbocycles. The van der Waals surface area contributed by atoms with Crippen LogP contribution in [0.25, 0.3) is 0 Å². The maximum atomic E-state index is 11.7. The van der Waals surface area contributed by atoms with E-state index < -0.39 is 0 Å². The second kappa shape index (κ2) is 9.38. The predicted molar refractivity (Wildman–Crippen MR) is 91.1 cm³/mol. The van der Waals surface area contributed by atoms with E-state index in [1.54, 1.807) is 11.3 Å². The SMILES string of the molecule is CC(OCCCNC(=O)CCc1ccsc1)c1ccccc1. The molecule has 0 saturated heterocycles. The highest BCUT2D eigenvalue weighted by molar-refractivity contribution is 7.07. The molecule has 1 aromatic heterocycles. The molecule has 1 heterocycles. The maximum Gasteiger partial charge on any atom is 0.220 e. The molecule has 1 aromatic carbocycles. The van der Waals surface area contributed by atoms with Gasteiger partial charge in [0.1, 0.15) is 0 Å². The molecule has 4 heteroatoms. The highest BCUT2D eigenvalue weighted by Crippen LogP contribution is 2.15. The standard InChI is InChI=1S/C18H23NO2S/c1-15(17-6-3-2-4-7-17)21-12-5-11-19-18(20)9-8-16-10-13-22-14-16/h2-4,6-7,10,13-15H,5,8-9,11-12H2,1H3,(H,19,20). The van der Waals surface area contributed by atoms with E-state index >= 15 is 0 Å². The Morgan fingerprint density at radius 2 is 2.09 bits per heavy atom. The maximum absolute atomic E-state index is 11.7. The number of hydrogen-bond acceptors (Lipinski definition) is 3. The number of amides is 1. The van der Waals surface area contributed by atoms with E-state index in [0.29, 0.717) is 19.6 Å². The van der Waals surface area contributed by atoms with Crippen LogP contribution in [0.4, 0.5) is 0 Å². The van der Waals surface area contributed by atoms with E-state index in [9.17, 15) is 4.79 Å². The second-order valence-corrected chi connectivity index (χ2v) is 6.04. The minimum Gasteiger partial charge on any atom is -0.374 e. The Balaban J connectivity index is 1.52. The van der Waals surface area contributed by atoms with Crippen molar-refractivity contribution in [3.8, 4) is 0 Å². The number of carbonyl (C=O) groups excluding carboxylic acids is 1. The molecular formula is C18H23NO2S. The van der Waals surface area contributed by atoms with E-state index in [1.807, 2.05) is 23.6 Å². The molecular weight excluding hydrogens is 294 g/mol. The topological polar surface area (TPSA) is 38.3 Å². The summed E-state index contributed by atoms with van der Waals surface area (Å²) in [6, 6.07) is 12.2. The molecule has 1 unspecified atom stereocenters. The molecule has 0 radical (unpaired) electrons. The van der Waals surface area contributed by atoms with Crippen molar-refractivity contribution in [1.82, 2.24) is 5.32 Å². The first-order valence-electron chi connectivity index (χ1n) is 7.70. The molecule has 0 aliphatic heterocycles. The van der Waals surface area contributed by atoms with Gasteiger partial charge >= 0.3 is 0 Å². The first-order valence-corrected chi connectivity index (χ1v) is 8.64. The molecule has 1 atom stereocenters. The van der Waals surface area contributed by atoms with Gasteiger partial charge < -0.3 is 10.1 Å². The van der Waals surface area contributed by atoms with Crippen molar-refractivity contribution in [2.75, 3.05) is 13.2 Å². The summed E-state index contributed by atoms with van der Waals surface area (Å²) in [6.45, 7) is 3.37. The molecule has 0 bridgehead atoms. The van der Waals surface area contributed by atoms with Crippen LogP contribution in [0, 0.1) is 0 Å². The highest BCUT2D eigenvalue weighted by Gasteiger charge is 2.05. The summed E-state index contributed by atoms with van der Waals surface area (Å²) in [5.74, 6) is 0.113. The van der Waals surface area contributed by atoms with Gasteiger partial charge in [0.15, 0.2) is 0 Å². The first-order chi connectivity index (χ1) is 10.8. The minimum atomic E-state index is 0.0930. The van der Waals surface area contributed by atoms with Gasteiger partial charge in [0.2, 0.25) is 5.91 Å². The van der Waals surface area contributed by atoms with Crippen molar-refractivity contribution in [1.29, 1.82) is 0 Å². The Hall–Kier alpha value is -1.65. The fourth-order valence-corrected chi connectivity index (χ4v) is 2.86. The summed E-state index contributed by atoms with van der Waals surface area (Å²) < 4.78 is 5.78. The Bertz CT molecular complexity index is 539. The molecule has 118 valence electrons. The van der Waals surface area contributed by atoms with E-state index in [4.69, 9.17) is 4.74 Å². The normalized spacial score (nSPS) is 12.0. The van der Waals surface area contributed by atoms with Crippen molar-refractivity contribution >= 4 is 17.2 Å². The third kappa shape index (κ3) is 6.00. The van der Waals surface area contributed by atoms with Crippen LogP contribution in [0.15, 0.2) is 47.2 Å². The molecule has 0 spiro atoms. The predicted octanol–water partition coefficient (Wildman–Crippen LogP) is 3.96. The van der Waals surface area contributed by atoms with Crippen LogP contribution < -0.4 is 5.32 Å². The first kappa shape index (κ1) is 16.7.